The van der Waals surface area contributed by atoms with Crippen LogP contribution in [0, 0.1) is 12.8 Å². The van der Waals surface area contributed by atoms with E-state index < -0.39 is 5.60 Å². The predicted molar refractivity (Wildman–Crippen MR) is 56.0 cm³/mol. The molecule has 0 aliphatic heterocycles. The summed E-state index contributed by atoms with van der Waals surface area (Å²) in [4.78, 5) is 1.29. The van der Waals surface area contributed by atoms with Gasteiger partial charge < -0.3 is 5.11 Å². The Kier molecular flexibility index (Phi) is 2.20. The first-order valence-electron chi connectivity index (χ1n) is 4.91. The molecule has 0 bridgehead atoms. The Morgan fingerprint density at radius 2 is 2.38 bits per heavy atom. The van der Waals surface area contributed by atoms with Crippen molar-refractivity contribution in [1.82, 2.24) is 0 Å². The van der Waals surface area contributed by atoms with E-state index in [1.54, 1.807) is 11.3 Å². The van der Waals surface area contributed by atoms with Gasteiger partial charge in [-0.2, -0.15) is 0 Å². The van der Waals surface area contributed by atoms with Crippen LogP contribution in [0.5, 0.6) is 0 Å². The van der Waals surface area contributed by atoms with Gasteiger partial charge in [0.15, 0.2) is 0 Å². The van der Waals surface area contributed by atoms with E-state index >= 15 is 0 Å². The number of aryl methyl sites for hydroxylation is 1. The Hall–Kier alpha value is -0.340. The van der Waals surface area contributed by atoms with E-state index in [9.17, 15) is 5.11 Å². The number of hydrogen-bond donors (Lipinski definition) is 1. The van der Waals surface area contributed by atoms with Crippen molar-refractivity contribution in [2.24, 2.45) is 5.92 Å². The normalized spacial score (nSPS) is 33.9. The van der Waals surface area contributed by atoms with E-state index in [1.165, 1.54) is 4.88 Å². The average Bonchev–Trinajstić information content (AvgIpc) is 2.62. The molecule has 0 radical (unpaired) electrons. The average molecular weight is 196 g/mol. The zero-order chi connectivity index (χ0) is 9.47. The summed E-state index contributed by atoms with van der Waals surface area (Å²) in [6, 6.07) is 2.13. The van der Waals surface area contributed by atoms with Crippen LogP contribution in [0.4, 0.5) is 0 Å². The second-order valence-corrected chi connectivity index (χ2v) is 5.28. The highest BCUT2D eigenvalue weighted by Gasteiger charge is 2.39. The molecule has 2 heteroatoms. The van der Waals surface area contributed by atoms with Gasteiger partial charge >= 0.3 is 0 Å². The van der Waals surface area contributed by atoms with Crippen LogP contribution >= 0.6 is 11.3 Å². The lowest BCUT2D eigenvalue weighted by atomic mass is 9.87. The first-order chi connectivity index (χ1) is 6.13. The summed E-state index contributed by atoms with van der Waals surface area (Å²) >= 11 is 1.73. The second-order valence-electron chi connectivity index (χ2n) is 4.16. The monoisotopic (exact) mass is 196 g/mol. The van der Waals surface area contributed by atoms with Crippen molar-refractivity contribution in [3.8, 4) is 0 Å². The fraction of sp³-hybridized carbons (Fsp3) is 0.636. The highest BCUT2D eigenvalue weighted by molar-refractivity contribution is 7.10. The first kappa shape index (κ1) is 9.22. The van der Waals surface area contributed by atoms with Gasteiger partial charge in [0.25, 0.3) is 0 Å². The number of hydrogen-bond acceptors (Lipinski definition) is 2. The van der Waals surface area contributed by atoms with Gasteiger partial charge in [-0.15, -0.1) is 11.3 Å². The maximum atomic E-state index is 10.5. The van der Waals surface area contributed by atoms with Crippen LogP contribution < -0.4 is 0 Å². The Morgan fingerprint density at radius 3 is 2.85 bits per heavy atom. The van der Waals surface area contributed by atoms with Crippen molar-refractivity contribution >= 4 is 11.3 Å². The molecule has 1 aromatic rings. The fourth-order valence-electron chi connectivity index (χ4n) is 2.26. The van der Waals surface area contributed by atoms with Crippen molar-refractivity contribution in [2.45, 2.75) is 38.7 Å². The molecule has 2 unspecified atom stereocenters. The molecule has 1 fully saturated rings. The summed E-state index contributed by atoms with van der Waals surface area (Å²) in [7, 11) is 0. The van der Waals surface area contributed by atoms with Crippen LogP contribution in [0.1, 0.15) is 36.6 Å². The molecule has 0 spiro atoms. The van der Waals surface area contributed by atoms with Crippen LogP contribution in [-0.4, -0.2) is 5.11 Å². The first-order valence-corrected chi connectivity index (χ1v) is 5.79. The van der Waals surface area contributed by atoms with Gasteiger partial charge in [0.05, 0.1) is 5.60 Å². The Balaban J connectivity index is 2.33. The van der Waals surface area contributed by atoms with Gasteiger partial charge in [0, 0.05) is 4.88 Å². The van der Waals surface area contributed by atoms with Crippen LogP contribution in [0.2, 0.25) is 0 Å². The lowest BCUT2D eigenvalue weighted by Gasteiger charge is -2.26. The molecular weight excluding hydrogens is 180 g/mol. The smallest absolute Gasteiger partial charge is 0.0930 e. The Morgan fingerprint density at radius 1 is 1.62 bits per heavy atom. The minimum atomic E-state index is -0.523. The maximum absolute atomic E-state index is 10.5. The summed E-state index contributed by atoms with van der Waals surface area (Å²) in [5.74, 6) is 0.418. The molecule has 2 rings (SSSR count). The molecule has 1 aromatic heterocycles. The molecule has 1 saturated carbocycles. The third kappa shape index (κ3) is 1.42. The summed E-state index contributed by atoms with van der Waals surface area (Å²) in [5.41, 5.74) is 0.616. The van der Waals surface area contributed by atoms with Crippen molar-refractivity contribution in [2.75, 3.05) is 0 Å². The summed E-state index contributed by atoms with van der Waals surface area (Å²) < 4.78 is 0. The van der Waals surface area contributed by atoms with Gasteiger partial charge in [-0.1, -0.05) is 6.92 Å². The summed E-state index contributed by atoms with van der Waals surface area (Å²) in [6.45, 7) is 4.25. The lowest BCUT2D eigenvalue weighted by molar-refractivity contribution is 0.00487. The quantitative estimate of drug-likeness (QED) is 0.732. The highest BCUT2D eigenvalue weighted by Crippen LogP contribution is 2.44. The van der Waals surface area contributed by atoms with Gasteiger partial charge in [-0.3, -0.25) is 0 Å². The second kappa shape index (κ2) is 3.10. The highest BCUT2D eigenvalue weighted by atomic mass is 32.1. The molecule has 1 N–H and O–H groups in total. The fourth-order valence-corrected chi connectivity index (χ4v) is 3.04. The standard InChI is InChI=1S/C11H16OS/c1-8-4-3-5-11(8,12)10-6-9(2)13-7-10/h6-8,12H,3-5H2,1-2H3. The summed E-state index contributed by atoms with van der Waals surface area (Å²) in [6.07, 6.45) is 3.25. The molecule has 0 amide bonds. The van der Waals surface area contributed by atoms with Gasteiger partial charge in [0.1, 0.15) is 0 Å². The van der Waals surface area contributed by atoms with Crippen LogP contribution in [0.15, 0.2) is 11.4 Å². The van der Waals surface area contributed by atoms with Crippen LogP contribution in [-0.2, 0) is 5.60 Å². The van der Waals surface area contributed by atoms with Gasteiger partial charge in [-0.25, -0.2) is 0 Å². The third-order valence-electron chi connectivity index (χ3n) is 3.24. The van der Waals surface area contributed by atoms with E-state index in [0.717, 1.165) is 24.8 Å². The topological polar surface area (TPSA) is 20.2 Å². The van der Waals surface area contributed by atoms with Crippen molar-refractivity contribution in [1.29, 1.82) is 0 Å². The molecule has 2 atom stereocenters. The van der Waals surface area contributed by atoms with E-state index in [0.29, 0.717) is 5.92 Å². The van der Waals surface area contributed by atoms with E-state index in [1.807, 2.05) is 0 Å². The molecule has 1 aliphatic carbocycles. The minimum Gasteiger partial charge on any atom is -0.385 e. The molecular formula is C11H16OS. The van der Waals surface area contributed by atoms with Crippen LogP contribution in [0.25, 0.3) is 0 Å². The number of aliphatic hydroxyl groups is 1. The van der Waals surface area contributed by atoms with E-state index in [2.05, 4.69) is 25.3 Å². The predicted octanol–water partition coefficient (Wildman–Crippen LogP) is 3.06. The molecule has 1 heterocycles. The molecule has 0 saturated heterocycles. The zero-order valence-corrected chi connectivity index (χ0v) is 9.03. The molecule has 13 heavy (non-hydrogen) atoms. The van der Waals surface area contributed by atoms with E-state index in [-0.39, 0.29) is 0 Å². The van der Waals surface area contributed by atoms with E-state index in [4.69, 9.17) is 0 Å². The maximum Gasteiger partial charge on any atom is 0.0930 e. The molecule has 72 valence electrons. The summed E-state index contributed by atoms with van der Waals surface area (Å²) in [5, 5.41) is 12.6. The molecule has 1 aliphatic rings. The van der Waals surface area contributed by atoms with Gasteiger partial charge in [0.2, 0.25) is 0 Å². The van der Waals surface area contributed by atoms with Crippen molar-refractivity contribution in [3.05, 3.63) is 21.9 Å². The molecule has 0 aromatic carbocycles. The SMILES string of the molecule is Cc1cc(C2(O)CCCC2C)cs1. The number of thiophene rings is 1. The van der Waals surface area contributed by atoms with Gasteiger partial charge in [-0.05, 0) is 49.1 Å². The number of rotatable bonds is 1. The third-order valence-corrected chi connectivity index (χ3v) is 4.10. The van der Waals surface area contributed by atoms with Crippen LogP contribution in [0.3, 0.4) is 0 Å². The van der Waals surface area contributed by atoms with Crippen molar-refractivity contribution in [3.63, 3.8) is 0 Å². The minimum absolute atomic E-state index is 0.418. The molecule has 1 nitrogen and oxygen atoms in total. The van der Waals surface area contributed by atoms with Crippen molar-refractivity contribution < 1.29 is 5.11 Å². The largest absolute Gasteiger partial charge is 0.385 e. The zero-order valence-electron chi connectivity index (χ0n) is 8.21. The lowest BCUT2D eigenvalue weighted by Crippen LogP contribution is -2.27. The Bertz CT molecular complexity index is 305. The Labute approximate surface area is 83.4 Å².